The molecule has 0 unspecified atom stereocenters. The van der Waals surface area contributed by atoms with Crippen molar-refractivity contribution in [1.82, 2.24) is 10.0 Å². The Morgan fingerprint density at radius 3 is 2.10 bits per heavy atom. The minimum atomic E-state index is -3.64. The topological polar surface area (TPSA) is 75.3 Å². The first-order valence-corrected chi connectivity index (χ1v) is 8.09. The first-order valence-electron chi connectivity index (χ1n) is 6.61. The summed E-state index contributed by atoms with van der Waals surface area (Å²) < 4.78 is 26.3. The monoisotopic (exact) mass is 298 g/mol. The van der Waals surface area contributed by atoms with Gasteiger partial charge < -0.3 is 5.32 Å². The molecule has 0 heterocycles. The minimum Gasteiger partial charge on any atom is -0.353 e. The van der Waals surface area contributed by atoms with Crippen LogP contribution in [-0.2, 0) is 14.8 Å². The van der Waals surface area contributed by atoms with Gasteiger partial charge in [-0.15, -0.1) is 0 Å². The zero-order valence-corrected chi connectivity index (χ0v) is 13.1. The van der Waals surface area contributed by atoms with E-state index < -0.39 is 10.0 Å². The van der Waals surface area contributed by atoms with Gasteiger partial charge in [0.2, 0.25) is 15.9 Å². The lowest BCUT2D eigenvalue weighted by Crippen LogP contribution is -2.39. The summed E-state index contributed by atoms with van der Waals surface area (Å²) in [6, 6.07) is 6.66. The van der Waals surface area contributed by atoms with Gasteiger partial charge in [-0.3, -0.25) is 4.79 Å². The van der Waals surface area contributed by atoms with Gasteiger partial charge in [0.15, 0.2) is 0 Å². The normalized spacial score (nSPS) is 11.9. The van der Waals surface area contributed by atoms with Crippen LogP contribution in [0.2, 0.25) is 0 Å². The summed E-state index contributed by atoms with van der Waals surface area (Å²) in [6.45, 7) is 7.45. The Morgan fingerprint density at radius 2 is 1.65 bits per heavy atom. The van der Waals surface area contributed by atoms with Gasteiger partial charge in [0.25, 0.3) is 0 Å². The third kappa shape index (κ3) is 4.94. The highest BCUT2D eigenvalue weighted by molar-refractivity contribution is 7.89. The molecular weight excluding hydrogens is 276 g/mol. The number of rotatable bonds is 6. The molecular formula is C14H22N2O3S. The van der Waals surface area contributed by atoms with Crippen molar-refractivity contribution in [3.05, 3.63) is 29.8 Å². The molecule has 0 aliphatic rings. The standard InChI is InChI=1S/C14H22N2O3S/c1-10(2)12-5-7-13(8-6-12)20(18,19)15-9-14(17)16-11(3)4/h5-8,10-11,15H,9H2,1-4H3,(H,16,17). The maximum Gasteiger partial charge on any atom is 0.241 e. The molecule has 1 aromatic rings. The molecule has 0 aliphatic heterocycles. The van der Waals surface area contributed by atoms with Crippen molar-refractivity contribution in [3.8, 4) is 0 Å². The molecule has 2 N–H and O–H groups in total. The van der Waals surface area contributed by atoms with Crippen LogP contribution in [0.25, 0.3) is 0 Å². The number of carbonyl (C=O) groups is 1. The van der Waals surface area contributed by atoms with E-state index in [0.717, 1.165) is 5.56 Å². The highest BCUT2D eigenvalue weighted by Gasteiger charge is 2.15. The maximum absolute atomic E-state index is 12.0. The van der Waals surface area contributed by atoms with E-state index in [9.17, 15) is 13.2 Å². The smallest absolute Gasteiger partial charge is 0.241 e. The second kappa shape index (κ2) is 6.85. The summed E-state index contributed by atoms with van der Waals surface area (Å²) in [5.41, 5.74) is 1.07. The summed E-state index contributed by atoms with van der Waals surface area (Å²) in [5.74, 6) is -0.00101. The van der Waals surface area contributed by atoms with E-state index >= 15 is 0 Å². The molecule has 20 heavy (non-hydrogen) atoms. The van der Waals surface area contributed by atoms with Crippen LogP contribution in [-0.4, -0.2) is 26.9 Å². The SMILES string of the molecule is CC(C)NC(=O)CNS(=O)(=O)c1ccc(C(C)C)cc1. The first kappa shape index (κ1) is 16.7. The minimum absolute atomic E-state index is 0.0164. The average Bonchev–Trinajstić information content (AvgIpc) is 2.36. The number of sulfonamides is 1. The number of carbonyl (C=O) groups excluding carboxylic acids is 1. The molecule has 1 rings (SSSR count). The Morgan fingerprint density at radius 1 is 1.10 bits per heavy atom. The Labute approximate surface area is 120 Å². The maximum atomic E-state index is 12.0. The molecule has 0 fully saturated rings. The number of hydrogen-bond donors (Lipinski definition) is 2. The Kier molecular flexibility index (Phi) is 5.71. The van der Waals surface area contributed by atoms with Crippen molar-refractivity contribution < 1.29 is 13.2 Å². The zero-order chi connectivity index (χ0) is 15.3. The van der Waals surface area contributed by atoms with E-state index in [4.69, 9.17) is 0 Å². The summed E-state index contributed by atoms with van der Waals surface area (Å²) in [4.78, 5) is 11.6. The second-order valence-corrected chi connectivity index (χ2v) is 7.04. The Bertz CT molecular complexity index is 548. The van der Waals surface area contributed by atoms with E-state index in [1.54, 1.807) is 24.3 Å². The van der Waals surface area contributed by atoms with Crippen LogP contribution in [0.3, 0.4) is 0 Å². The van der Waals surface area contributed by atoms with Crippen molar-refractivity contribution >= 4 is 15.9 Å². The fourth-order valence-corrected chi connectivity index (χ4v) is 2.63. The van der Waals surface area contributed by atoms with E-state index in [2.05, 4.69) is 10.0 Å². The van der Waals surface area contributed by atoms with Crippen molar-refractivity contribution in [2.45, 2.75) is 44.6 Å². The lowest BCUT2D eigenvalue weighted by atomic mass is 10.0. The summed E-state index contributed by atoms with van der Waals surface area (Å²) in [7, 11) is -3.64. The van der Waals surface area contributed by atoms with Gasteiger partial charge in [-0.25, -0.2) is 13.1 Å². The molecule has 0 atom stereocenters. The Balaban J connectivity index is 2.71. The molecule has 5 nitrogen and oxygen atoms in total. The van der Waals surface area contributed by atoms with Crippen molar-refractivity contribution in [3.63, 3.8) is 0 Å². The molecule has 0 radical (unpaired) electrons. The van der Waals surface area contributed by atoms with Crippen molar-refractivity contribution in [2.24, 2.45) is 0 Å². The van der Waals surface area contributed by atoms with Crippen molar-refractivity contribution in [1.29, 1.82) is 0 Å². The van der Waals surface area contributed by atoms with E-state index in [1.807, 2.05) is 27.7 Å². The molecule has 0 saturated heterocycles. The van der Waals surface area contributed by atoms with Crippen molar-refractivity contribution in [2.75, 3.05) is 6.54 Å². The van der Waals surface area contributed by atoms with E-state index in [-0.39, 0.29) is 23.4 Å². The highest BCUT2D eigenvalue weighted by Crippen LogP contribution is 2.17. The van der Waals surface area contributed by atoms with Crippen LogP contribution in [0.5, 0.6) is 0 Å². The second-order valence-electron chi connectivity index (χ2n) is 5.27. The third-order valence-electron chi connectivity index (χ3n) is 2.73. The molecule has 0 aromatic heterocycles. The summed E-state index contributed by atoms with van der Waals surface area (Å²) in [6.07, 6.45) is 0. The zero-order valence-electron chi connectivity index (χ0n) is 12.3. The number of nitrogens with one attached hydrogen (secondary N) is 2. The summed E-state index contributed by atoms with van der Waals surface area (Å²) >= 11 is 0. The van der Waals surface area contributed by atoms with Crippen LogP contribution >= 0.6 is 0 Å². The van der Waals surface area contributed by atoms with Crippen LogP contribution < -0.4 is 10.0 Å². The largest absolute Gasteiger partial charge is 0.353 e. The number of hydrogen-bond acceptors (Lipinski definition) is 3. The van der Waals surface area contributed by atoms with E-state index in [1.165, 1.54) is 0 Å². The summed E-state index contributed by atoms with van der Waals surface area (Å²) in [5, 5.41) is 2.62. The molecule has 0 bridgehead atoms. The van der Waals surface area contributed by atoms with Gasteiger partial charge >= 0.3 is 0 Å². The quantitative estimate of drug-likeness (QED) is 0.838. The van der Waals surface area contributed by atoms with Crippen LogP contribution in [0.4, 0.5) is 0 Å². The fourth-order valence-electron chi connectivity index (χ4n) is 1.65. The van der Waals surface area contributed by atoms with Gasteiger partial charge in [0.05, 0.1) is 11.4 Å². The molecule has 0 aliphatic carbocycles. The molecule has 0 spiro atoms. The predicted octanol–water partition coefficient (Wildman–Crippen LogP) is 1.61. The molecule has 112 valence electrons. The first-order chi connectivity index (χ1) is 9.22. The van der Waals surface area contributed by atoms with Gasteiger partial charge in [0.1, 0.15) is 0 Å². The van der Waals surface area contributed by atoms with E-state index in [0.29, 0.717) is 5.92 Å². The molecule has 1 amide bonds. The van der Waals surface area contributed by atoms with Crippen LogP contribution in [0.15, 0.2) is 29.2 Å². The van der Waals surface area contributed by atoms with Crippen LogP contribution in [0.1, 0.15) is 39.2 Å². The van der Waals surface area contributed by atoms with Gasteiger partial charge in [0, 0.05) is 6.04 Å². The lowest BCUT2D eigenvalue weighted by molar-refractivity contribution is -0.120. The third-order valence-corrected chi connectivity index (χ3v) is 4.15. The fraction of sp³-hybridized carbons (Fsp3) is 0.500. The molecule has 1 aromatic carbocycles. The average molecular weight is 298 g/mol. The number of amides is 1. The van der Waals surface area contributed by atoms with Gasteiger partial charge in [-0.05, 0) is 37.5 Å². The molecule has 6 heteroatoms. The molecule has 0 saturated carbocycles. The van der Waals surface area contributed by atoms with Crippen LogP contribution in [0, 0.1) is 0 Å². The predicted molar refractivity (Wildman–Crippen MR) is 79.0 cm³/mol. The Hall–Kier alpha value is -1.40. The lowest BCUT2D eigenvalue weighted by Gasteiger charge is -2.11. The highest BCUT2D eigenvalue weighted by atomic mass is 32.2. The number of benzene rings is 1. The van der Waals surface area contributed by atoms with Gasteiger partial charge in [-0.2, -0.15) is 0 Å². The van der Waals surface area contributed by atoms with Gasteiger partial charge in [-0.1, -0.05) is 26.0 Å².